The first-order valence-electron chi connectivity index (χ1n) is 6.50. The lowest BCUT2D eigenvalue weighted by Crippen LogP contribution is -2.42. The van der Waals surface area contributed by atoms with Crippen molar-refractivity contribution < 1.29 is 14.6 Å². The zero-order valence-electron chi connectivity index (χ0n) is 11.1. The first-order chi connectivity index (χ1) is 9.22. The lowest BCUT2D eigenvalue weighted by molar-refractivity contribution is -0.0407. The fraction of sp³-hybridized carbons (Fsp3) is 0.571. The largest absolute Gasteiger partial charge is 0.495 e. The highest BCUT2D eigenvalue weighted by molar-refractivity contribution is 6.32. The van der Waals surface area contributed by atoms with Gasteiger partial charge in [0.05, 0.1) is 24.8 Å². The van der Waals surface area contributed by atoms with Gasteiger partial charge in [0.25, 0.3) is 0 Å². The second kappa shape index (κ2) is 7.10. The fourth-order valence-corrected chi connectivity index (χ4v) is 2.59. The minimum absolute atomic E-state index is 0.132. The van der Waals surface area contributed by atoms with Crippen molar-refractivity contribution in [2.75, 3.05) is 33.4 Å². The topological polar surface area (TPSA) is 41.9 Å². The predicted molar refractivity (Wildman–Crippen MR) is 74.7 cm³/mol. The van der Waals surface area contributed by atoms with Crippen molar-refractivity contribution in [2.24, 2.45) is 0 Å². The molecule has 2 rings (SSSR count). The van der Waals surface area contributed by atoms with Gasteiger partial charge in [-0.15, -0.1) is 0 Å². The number of methoxy groups -OCH3 is 1. The fourth-order valence-electron chi connectivity index (χ4n) is 2.31. The van der Waals surface area contributed by atoms with E-state index in [0.29, 0.717) is 23.8 Å². The van der Waals surface area contributed by atoms with Crippen LogP contribution in [0.25, 0.3) is 0 Å². The number of hydrogen-bond acceptors (Lipinski definition) is 4. The van der Waals surface area contributed by atoms with Gasteiger partial charge in [0.2, 0.25) is 0 Å². The molecule has 0 spiro atoms. The maximum atomic E-state index is 8.96. The average molecular weight is 286 g/mol. The molecule has 0 aromatic heterocycles. The van der Waals surface area contributed by atoms with Gasteiger partial charge in [0, 0.05) is 26.2 Å². The zero-order chi connectivity index (χ0) is 13.7. The molecule has 1 atom stereocenters. The molecular weight excluding hydrogens is 266 g/mol. The number of hydrogen-bond donors (Lipinski definition) is 1. The number of benzene rings is 1. The molecule has 0 bridgehead atoms. The van der Waals surface area contributed by atoms with Crippen LogP contribution >= 0.6 is 11.6 Å². The van der Waals surface area contributed by atoms with Crippen molar-refractivity contribution in [1.82, 2.24) is 4.90 Å². The number of morpholine rings is 1. The normalized spacial score (nSPS) is 20.5. The molecule has 1 fully saturated rings. The number of aliphatic hydroxyl groups is 1. The second-order valence-electron chi connectivity index (χ2n) is 4.71. The summed E-state index contributed by atoms with van der Waals surface area (Å²) in [5.41, 5.74) is 1.16. The smallest absolute Gasteiger partial charge is 0.137 e. The summed E-state index contributed by atoms with van der Waals surface area (Å²) in [5.74, 6) is 0.700. The third-order valence-corrected chi connectivity index (χ3v) is 3.59. The van der Waals surface area contributed by atoms with E-state index in [1.165, 1.54) is 0 Å². The van der Waals surface area contributed by atoms with Crippen molar-refractivity contribution >= 4 is 11.6 Å². The van der Waals surface area contributed by atoms with E-state index >= 15 is 0 Å². The maximum absolute atomic E-state index is 8.96. The Morgan fingerprint density at radius 1 is 1.53 bits per heavy atom. The molecule has 1 aromatic carbocycles. The second-order valence-corrected chi connectivity index (χ2v) is 5.12. The summed E-state index contributed by atoms with van der Waals surface area (Å²) in [5, 5.41) is 9.60. The third-order valence-electron chi connectivity index (χ3n) is 3.30. The van der Waals surface area contributed by atoms with Gasteiger partial charge in [0.15, 0.2) is 0 Å². The highest BCUT2D eigenvalue weighted by Gasteiger charge is 2.20. The van der Waals surface area contributed by atoms with Gasteiger partial charge in [0.1, 0.15) is 5.75 Å². The number of ether oxygens (including phenoxy) is 2. The standard InChI is InChI=1S/C14H20ClNO3/c1-18-14-3-2-11(8-13(14)15)9-16-5-7-19-12(10-16)4-6-17/h2-3,8,12,17H,4-7,9-10H2,1H3. The Kier molecular flexibility index (Phi) is 5.45. The Morgan fingerprint density at radius 2 is 2.37 bits per heavy atom. The van der Waals surface area contributed by atoms with E-state index in [1.54, 1.807) is 7.11 Å². The molecule has 0 radical (unpaired) electrons. The van der Waals surface area contributed by atoms with Crippen LogP contribution in [-0.4, -0.2) is 49.5 Å². The summed E-state index contributed by atoms with van der Waals surface area (Å²) in [6, 6.07) is 5.86. The molecule has 1 unspecified atom stereocenters. The summed E-state index contributed by atoms with van der Waals surface area (Å²) in [6.45, 7) is 3.49. The molecule has 106 valence electrons. The van der Waals surface area contributed by atoms with E-state index in [1.807, 2.05) is 18.2 Å². The van der Waals surface area contributed by atoms with Gasteiger partial charge >= 0.3 is 0 Å². The van der Waals surface area contributed by atoms with Crippen LogP contribution in [0.15, 0.2) is 18.2 Å². The monoisotopic (exact) mass is 285 g/mol. The highest BCUT2D eigenvalue weighted by atomic mass is 35.5. The molecule has 0 saturated carbocycles. The molecule has 19 heavy (non-hydrogen) atoms. The van der Waals surface area contributed by atoms with E-state index in [-0.39, 0.29) is 12.7 Å². The van der Waals surface area contributed by atoms with Gasteiger partial charge in [-0.3, -0.25) is 4.90 Å². The van der Waals surface area contributed by atoms with Crippen LogP contribution in [-0.2, 0) is 11.3 Å². The van der Waals surface area contributed by atoms with Crippen LogP contribution in [0.5, 0.6) is 5.75 Å². The maximum Gasteiger partial charge on any atom is 0.137 e. The Hall–Kier alpha value is -0.810. The lowest BCUT2D eigenvalue weighted by Gasteiger charge is -2.32. The minimum Gasteiger partial charge on any atom is -0.495 e. The summed E-state index contributed by atoms with van der Waals surface area (Å²) in [6.07, 6.45) is 0.826. The van der Waals surface area contributed by atoms with Crippen molar-refractivity contribution in [3.8, 4) is 5.75 Å². The van der Waals surface area contributed by atoms with Crippen LogP contribution in [0.4, 0.5) is 0 Å². The van der Waals surface area contributed by atoms with Gasteiger partial charge in [-0.2, -0.15) is 0 Å². The first-order valence-corrected chi connectivity index (χ1v) is 6.88. The van der Waals surface area contributed by atoms with E-state index in [2.05, 4.69) is 4.90 Å². The van der Waals surface area contributed by atoms with Crippen LogP contribution in [0.3, 0.4) is 0 Å². The van der Waals surface area contributed by atoms with Gasteiger partial charge in [-0.25, -0.2) is 0 Å². The molecule has 1 N–H and O–H groups in total. The zero-order valence-corrected chi connectivity index (χ0v) is 11.9. The molecule has 1 aromatic rings. The van der Waals surface area contributed by atoms with Crippen molar-refractivity contribution in [1.29, 1.82) is 0 Å². The van der Waals surface area contributed by atoms with Crippen molar-refractivity contribution in [3.63, 3.8) is 0 Å². The Morgan fingerprint density at radius 3 is 3.05 bits per heavy atom. The van der Waals surface area contributed by atoms with Gasteiger partial charge in [-0.05, 0) is 24.1 Å². The van der Waals surface area contributed by atoms with E-state index in [0.717, 1.165) is 25.2 Å². The minimum atomic E-state index is 0.132. The van der Waals surface area contributed by atoms with Crippen LogP contribution in [0, 0.1) is 0 Å². The van der Waals surface area contributed by atoms with Crippen LogP contribution < -0.4 is 4.74 Å². The number of rotatable bonds is 5. The molecule has 0 aliphatic carbocycles. The Bertz CT molecular complexity index is 412. The number of nitrogens with zero attached hydrogens (tertiary/aromatic N) is 1. The molecule has 5 heteroatoms. The summed E-state index contributed by atoms with van der Waals surface area (Å²) in [4.78, 5) is 2.32. The summed E-state index contributed by atoms with van der Waals surface area (Å²) >= 11 is 6.12. The third kappa shape index (κ3) is 4.08. The lowest BCUT2D eigenvalue weighted by atomic mass is 10.1. The van der Waals surface area contributed by atoms with E-state index in [4.69, 9.17) is 26.2 Å². The Labute approximate surface area is 118 Å². The van der Waals surface area contributed by atoms with Crippen molar-refractivity contribution in [3.05, 3.63) is 28.8 Å². The molecular formula is C14H20ClNO3. The van der Waals surface area contributed by atoms with Crippen LogP contribution in [0.1, 0.15) is 12.0 Å². The summed E-state index contributed by atoms with van der Waals surface area (Å²) < 4.78 is 10.7. The van der Waals surface area contributed by atoms with Gasteiger partial charge in [-0.1, -0.05) is 17.7 Å². The van der Waals surface area contributed by atoms with Gasteiger partial charge < -0.3 is 14.6 Å². The average Bonchev–Trinajstić information content (AvgIpc) is 2.40. The number of halogens is 1. The van der Waals surface area contributed by atoms with E-state index < -0.39 is 0 Å². The quantitative estimate of drug-likeness (QED) is 0.898. The first kappa shape index (κ1) is 14.6. The SMILES string of the molecule is COc1ccc(CN2CCOC(CCO)C2)cc1Cl. The summed E-state index contributed by atoms with van der Waals surface area (Å²) in [7, 11) is 1.61. The highest BCUT2D eigenvalue weighted by Crippen LogP contribution is 2.25. The molecule has 1 aliphatic heterocycles. The Balaban J connectivity index is 1.94. The molecule has 1 saturated heterocycles. The predicted octanol–water partition coefficient (Wildman–Crippen LogP) is 1.93. The molecule has 4 nitrogen and oxygen atoms in total. The van der Waals surface area contributed by atoms with Crippen LogP contribution in [0.2, 0.25) is 5.02 Å². The van der Waals surface area contributed by atoms with E-state index in [9.17, 15) is 0 Å². The molecule has 1 aliphatic rings. The molecule has 1 heterocycles. The van der Waals surface area contributed by atoms with Crippen molar-refractivity contribution in [2.45, 2.75) is 19.1 Å². The number of aliphatic hydroxyl groups excluding tert-OH is 1. The molecule has 0 amide bonds.